The Morgan fingerprint density at radius 1 is 1.32 bits per heavy atom. The number of aromatic nitrogens is 2. The van der Waals surface area contributed by atoms with Crippen LogP contribution in [-0.2, 0) is 6.42 Å². The van der Waals surface area contributed by atoms with Crippen molar-refractivity contribution < 1.29 is 0 Å². The van der Waals surface area contributed by atoms with Gasteiger partial charge in [-0.2, -0.15) is 0 Å². The van der Waals surface area contributed by atoms with Gasteiger partial charge in [0.25, 0.3) is 0 Å². The van der Waals surface area contributed by atoms with E-state index in [0.29, 0.717) is 6.04 Å². The fourth-order valence-electron chi connectivity index (χ4n) is 2.49. The second-order valence-electron chi connectivity index (χ2n) is 5.38. The van der Waals surface area contributed by atoms with Crippen LogP contribution in [0.25, 0.3) is 0 Å². The zero-order valence-electron chi connectivity index (χ0n) is 11.7. The maximum Gasteiger partial charge on any atom is 0.207 e. The summed E-state index contributed by atoms with van der Waals surface area (Å²) in [5.41, 5.74) is 3.65. The summed E-state index contributed by atoms with van der Waals surface area (Å²) in [5, 5.41) is 3.52. The molecule has 3 heteroatoms. The Hall–Kier alpha value is -1.77. The summed E-state index contributed by atoms with van der Waals surface area (Å²) in [7, 11) is 0. The van der Waals surface area contributed by atoms with Crippen molar-refractivity contribution in [2.24, 2.45) is 0 Å². The van der Waals surface area contributed by atoms with Crippen molar-refractivity contribution in [3.05, 3.63) is 41.7 Å². The van der Waals surface area contributed by atoms with Crippen LogP contribution in [0.3, 0.4) is 0 Å². The second kappa shape index (κ2) is 5.08. The Kier molecular flexibility index (Phi) is 3.28. The number of nitrogens with one attached hydrogen (secondary N) is 1. The fourth-order valence-corrected chi connectivity index (χ4v) is 2.49. The van der Waals surface area contributed by atoms with Gasteiger partial charge < -0.3 is 9.88 Å². The normalized spacial score (nSPS) is 14.6. The minimum absolute atomic E-state index is 0.655. The number of nitrogens with zero attached hydrogens (tertiary/aromatic N) is 2. The van der Waals surface area contributed by atoms with Gasteiger partial charge in [-0.1, -0.05) is 31.5 Å². The molecule has 1 aliphatic rings. The summed E-state index contributed by atoms with van der Waals surface area (Å²) in [6.07, 6.45) is 6.98. The van der Waals surface area contributed by atoms with Gasteiger partial charge >= 0.3 is 0 Å². The molecule has 19 heavy (non-hydrogen) atoms. The average Bonchev–Trinajstić information content (AvgIpc) is 3.17. The first-order chi connectivity index (χ1) is 9.28. The summed E-state index contributed by atoms with van der Waals surface area (Å²) in [6, 6.07) is 9.19. The van der Waals surface area contributed by atoms with E-state index >= 15 is 0 Å². The van der Waals surface area contributed by atoms with Crippen molar-refractivity contribution in [3.8, 4) is 0 Å². The minimum Gasteiger partial charge on any atom is -0.325 e. The molecule has 1 saturated carbocycles. The molecule has 1 heterocycles. The standard InChI is InChI=1S/C16H21N3/c1-3-6-13-7-4-5-8-15(13)18-16-17-12(2)11-19(16)14-9-10-14/h4-5,7-8,11,14H,3,6,9-10H2,1-2H3,(H,17,18). The molecule has 1 aliphatic carbocycles. The van der Waals surface area contributed by atoms with Crippen molar-refractivity contribution in [1.82, 2.24) is 9.55 Å². The molecule has 1 aromatic carbocycles. The van der Waals surface area contributed by atoms with Gasteiger partial charge in [-0.25, -0.2) is 4.98 Å². The lowest BCUT2D eigenvalue weighted by atomic mass is 10.1. The SMILES string of the molecule is CCCc1ccccc1Nc1nc(C)cn1C1CC1. The molecule has 1 fully saturated rings. The second-order valence-corrected chi connectivity index (χ2v) is 5.38. The summed E-state index contributed by atoms with van der Waals surface area (Å²) in [6.45, 7) is 4.27. The number of para-hydroxylation sites is 1. The number of hydrogen-bond acceptors (Lipinski definition) is 2. The van der Waals surface area contributed by atoms with Crippen LogP contribution in [0.1, 0.15) is 43.5 Å². The average molecular weight is 255 g/mol. The van der Waals surface area contributed by atoms with Gasteiger partial charge in [0.05, 0.1) is 5.69 Å². The van der Waals surface area contributed by atoms with Crippen LogP contribution < -0.4 is 5.32 Å². The topological polar surface area (TPSA) is 29.9 Å². The highest BCUT2D eigenvalue weighted by Gasteiger charge is 2.26. The quantitative estimate of drug-likeness (QED) is 0.866. The molecular formula is C16H21N3. The van der Waals surface area contributed by atoms with Crippen LogP contribution in [-0.4, -0.2) is 9.55 Å². The fraction of sp³-hybridized carbons (Fsp3) is 0.438. The highest BCUT2D eigenvalue weighted by molar-refractivity contribution is 5.59. The van der Waals surface area contributed by atoms with Gasteiger partial charge in [-0.05, 0) is 37.8 Å². The number of benzene rings is 1. The van der Waals surface area contributed by atoms with Crippen LogP contribution in [0, 0.1) is 6.92 Å². The summed E-state index contributed by atoms with van der Waals surface area (Å²) in [5.74, 6) is 0.989. The Bertz CT molecular complexity index is 567. The summed E-state index contributed by atoms with van der Waals surface area (Å²) >= 11 is 0. The van der Waals surface area contributed by atoms with Crippen molar-refractivity contribution in [3.63, 3.8) is 0 Å². The van der Waals surface area contributed by atoms with Crippen molar-refractivity contribution in [2.45, 2.75) is 45.6 Å². The van der Waals surface area contributed by atoms with Gasteiger partial charge in [0.15, 0.2) is 0 Å². The molecule has 3 rings (SSSR count). The third-order valence-corrected chi connectivity index (χ3v) is 3.58. The van der Waals surface area contributed by atoms with E-state index in [0.717, 1.165) is 24.5 Å². The molecule has 1 aromatic heterocycles. The molecule has 0 amide bonds. The summed E-state index contributed by atoms with van der Waals surface area (Å²) in [4.78, 5) is 4.62. The van der Waals surface area contributed by atoms with Crippen molar-refractivity contribution >= 4 is 11.6 Å². The molecule has 0 aliphatic heterocycles. The molecule has 0 unspecified atom stereocenters. The zero-order chi connectivity index (χ0) is 13.2. The molecule has 1 N–H and O–H groups in total. The van der Waals surface area contributed by atoms with Gasteiger partial charge in [0.1, 0.15) is 0 Å². The molecule has 2 aromatic rings. The number of imidazole rings is 1. The highest BCUT2D eigenvalue weighted by atomic mass is 15.2. The van der Waals surface area contributed by atoms with Gasteiger partial charge in [-0.3, -0.25) is 0 Å². The maximum atomic E-state index is 4.62. The molecule has 0 atom stereocenters. The predicted octanol–water partition coefficient (Wildman–Crippen LogP) is 4.22. The smallest absolute Gasteiger partial charge is 0.207 e. The van der Waals surface area contributed by atoms with Crippen molar-refractivity contribution in [2.75, 3.05) is 5.32 Å². The third kappa shape index (κ3) is 2.65. The van der Waals surface area contributed by atoms with E-state index in [9.17, 15) is 0 Å². The molecule has 0 bridgehead atoms. The number of hydrogen-bond donors (Lipinski definition) is 1. The Morgan fingerprint density at radius 2 is 2.11 bits per heavy atom. The van der Waals surface area contributed by atoms with E-state index in [2.05, 4.69) is 59.2 Å². The lowest BCUT2D eigenvalue weighted by Crippen LogP contribution is -2.03. The van der Waals surface area contributed by atoms with Crippen LogP contribution >= 0.6 is 0 Å². The monoisotopic (exact) mass is 255 g/mol. The zero-order valence-corrected chi connectivity index (χ0v) is 11.7. The maximum absolute atomic E-state index is 4.62. The first-order valence-corrected chi connectivity index (χ1v) is 7.18. The third-order valence-electron chi connectivity index (χ3n) is 3.58. The van der Waals surface area contributed by atoms with Gasteiger partial charge in [0, 0.05) is 17.9 Å². The van der Waals surface area contributed by atoms with Crippen LogP contribution in [0.4, 0.5) is 11.6 Å². The predicted molar refractivity (Wildman–Crippen MR) is 79.0 cm³/mol. The molecule has 3 nitrogen and oxygen atoms in total. The minimum atomic E-state index is 0.655. The number of rotatable bonds is 5. The van der Waals surface area contributed by atoms with E-state index in [1.54, 1.807) is 0 Å². The van der Waals surface area contributed by atoms with Gasteiger partial charge in [0.2, 0.25) is 5.95 Å². The summed E-state index contributed by atoms with van der Waals surface area (Å²) < 4.78 is 2.29. The molecule has 0 saturated heterocycles. The van der Waals surface area contributed by atoms with E-state index in [1.807, 2.05) is 0 Å². The molecular weight excluding hydrogens is 234 g/mol. The Morgan fingerprint density at radius 3 is 2.84 bits per heavy atom. The van der Waals surface area contributed by atoms with E-state index < -0.39 is 0 Å². The van der Waals surface area contributed by atoms with Crippen LogP contribution in [0.2, 0.25) is 0 Å². The number of anilines is 2. The molecule has 0 radical (unpaired) electrons. The first-order valence-electron chi connectivity index (χ1n) is 7.18. The Balaban J connectivity index is 1.88. The first kappa shape index (κ1) is 12.3. The largest absolute Gasteiger partial charge is 0.325 e. The van der Waals surface area contributed by atoms with Crippen LogP contribution in [0.5, 0.6) is 0 Å². The highest BCUT2D eigenvalue weighted by Crippen LogP contribution is 2.38. The molecule has 0 spiro atoms. The molecule has 100 valence electrons. The van der Waals surface area contributed by atoms with E-state index in [-0.39, 0.29) is 0 Å². The lowest BCUT2D eigenvalue weighted by molar-refractivity contribution is 0.750. The lowest BCUT2D eigenvalue weighted by Gasteiger charge is -2.12. The Labute approximate surface area is 114 Å². The van der Waals surface area contributed by atoms with Crippen molar-refractivity contribution in [1.29, 1.82) is 0 Å². The van der Waals surface area contributed by atoms with Crippen LogP contribution in [0.15, 0.2) is 30.5 Å². The number of aryl methyl sites for hydroxylation is 2. The van der Waals surface area contributed by atoms with E-state index in [4.69, 9.17) is 0 Å². The van der Waals surface area contributed by atoms with E-state index in [1.165, 1.54) is 24.1 Å². The van der Waals surface area contributed by atoms with Gasteiger partial charge in [-0.15, -0.1) is 0 Å².